The fraction of sp³-hybridized carbons (Fsp3) is 0.389. The third-order valence-corrected chi connectivity index (χ3v) is 3.56. The molecule has 0 radical (unpaired) electrons. The molecule has 0 aliphatic rings. The molecule has 0 saturated carbocycles. The Hall–Kier alpha value is -2.83. The third kappa shape index (κ3) is 5.34. The van der Waals surface area contributed by atoms with Crippen LogP contribution in [0, 0.1) is 13.8 Å². The quantitative estimate of drug-likeness (QED) is 0.748. The first-order chi connectivity index (χ1) is 11.9. The largest absolute Gasteiger partial charge is 0.475 e. The number of urea groups is 1. The van der Waals surface area contributed by atoms with Crippen LogP contribution >= 0.6 is 0 Å². The Kier molecular flexibility index (Phi) is 6.16. The van der Waals surface area contributed by atoms with E-state index in [-0.39, 0.29) is 30.8 Å². The summed E-state index contributed by atoms with van der Waals surface area (Å²) in [6.45, 7) is 7.95. The predicted octanol–water partition coefficient (Wildman–Crippen LogP) is 2.17. The molecule has 3 N–H and O–H groups in total. The lowest BCUT2D eigenvalue weighted by Crippen LogP contribution is -2.36. The van der Waals surface area contributed by atoms with Crippen LogP contribution in [0.15, 0.2) is 29.2 Å². The van der Waals surface area contributed by atoms with Gasteiger partial charge in [0.2, 0.25) is 5.88 Å². The molecule has 134 valence electrons. The van der Waals surface area contributed by atoms with Crippen molar-refractivity contribution in [2.24, 2.45) is 0 Å². The standard InChI is InChI=1S/C18H24N4O3/c1-11(2)25-17-14(6-5-7-19-17)9-20-18(24)21-10-15-12(3)8-13(4)22-16(15)23/h5-8,11H,9-10H2,1-4H3,(H,22,23)(H2,20,21,24). The maximum Gasteiger partial charge on any atom is 0.315 e. The topological polar surface area (TPSA) is 96.1 Å². The minimum atomic E-state index is -0.362. The van der Waals surface area contributed by atoms with Gasteiger partial charge in [0.15, 0.2) is 0 Å². The zero-order valence-electron chi connectivity index (χ0n) is 15.0. The van der Waals surface area contributed by atoms with Crippen LogP contribution in [0.1, 0.15) is 36.2 Å². The van der Waals surface area contributed by atoms with Crippen LogP contribution in [0.3, 0.4) is 0 Å². The molecule has 0 aromatic carbocycles. The Morgan fingerprint density at radius 1 is 1.28 bits per heavy atom. The second kappa shape index (κ2) is 8.32. The van der Waals surface area contributed by atoms with E-state index in [2.05, 4.69) is 20.6 Å². The molecule has 2 aromatic heterocycles. The molecule has 0 atom stereocenters. The highest BCUT2D eigenvalue weighted by molar-refractivity contribution is 5.73. The van der Waals surface area contributed by atoms with Gasteiger partial charge in [0.1, 0.15) is 0 Å². The van der Waals surface area contributed by atoms with Gasteiger partial charge < -0.3 is 20.4 Å². The van der Waals surface area contributed by atoms with Crippen molar-refractivity contribution in [2.45, 2.75) is 46.9 Å². The molecule has 7 nitrogen and oxygen atoms in total. The number of carbonyl (C=O) groups excluding carboxylic acids is 1. The zero-order valence-corrected chi connectivity index (χ0v) is 15.0. The van der Waals surface area contributed by atoms with Gasteiger partial charge in [0, 0.05) is 29.6 Å². The highest BCUT2D eigenvalue weighted by Gasteiger charge is 2.10. The van der Waals surface area contributed by atoms with Crippen molar-refractivity contribution >= 4 is 6.03 Å². The summed E-state index contributed by atoms with van der Waals surface area (Å²) in [5, 5.41) is 5.45. The Labute approximate surface area is 146 Å². The van der Waals surface area contributed by atoms with Crippen LogP contribution in [0.2, 0.25) is 0 Å². The van der Waals surface area contributed by atoms with Crippen molar-refractivity contribution in [1.29, 1.82) is 0 Å². The molecule has 0 bridgehead atoms. The number of pyridine rings is 2. The summed E-state index contributed by atoms with van der Waals surface area (Å²) in [7, 11) is 0. The van der Waals surface area contributed by atoms with Crippen molar-refractivity contribution in [3.8, 4) is 5.88 Å². The van der Waals surface area contributed by atoms with Gasteiger partial charge in [0.25, 0.3) is 5.56 Å². The highest BCUT2D eigenvalue weighted by atomic mass is 16.5. The molecule has 2 amide bonds. The van der Waals surface area contributed by atoms with Crippen molar-refractivity contribution in [2.75, 3.05) is 0 Å². The first kappa shape index (κ1) is 18.5. The van der Waals surface area contributed by atoms with Crippen LogP contribution in [0.5, 0.6) is 5.88 Å². The molecule has 2 aromatic rings. The number of aromatic amines is 1. The molecular formula is C18H24N4O3. The molecule has 0 aliphatic heterocycles. The summed E-state index contributed by atoms with van der Waals surface area (Å²) in [5.41, 5.74) is 2.80. The summed E-state index contributed by atoms with van der Waals surface area (Å²) in [4.78, 5) is 30.9. The number of hydrogen-bond acceptors (Lipinski definition) is 4. The fourth-order valence-electron chi connectivity index (χ4n) is 2.40. The van der Waals surface area contributed by atoms with Gasteiger partial charge in [-0.05, 0) is 45.4 Å². The van der Waals surface area contributed by atoms with Crippen LogP contribution in [-0.4, -0.2) is 22.1 Å². The maximum absolute atomic E-state index is 12.0. The predicted molar refractivity (Wildman–Crippen MR) is 95.6 cm³/mol. The van der Waals surface area contributed by atoms with Crippen molar-refractivity contribution in [3.63, 3.8) is 0 Å². The number of rotatable bonds is 6. The van der Waals surface area contributed by atoms with E-state index >= 15 is 0 Å². The maximum atomic E-state index is 12.0. The minimum Gasteiger partial charge on any atom is -0.475 e. The van der Waals surface area contributed by atoms with Gasteiger partial charge in [0.05, 0.1) is 12.6 Å². The number of aryl methyl sites for hydroxylation is 2. The molecule has 0 saturated heterocycles. The van der Waals surface area contributed by atoms with E-state index < -0.39 is 0 Å². The lowest BCUT2D eigenvalue weighted by atomic mass is 10.1. The van der Waals surface area contributed by atoms with E-state index in [4.69, 9.17) is 4.74 Å². The lowest BCUT2D eigenvalue weighted by Gasteiger charge is -2.14. The smallest absolute Gasteiger partial charge is 0.315 e. The van der Waals surface area contributed by atoms with Gasteiger partial charge in [-0.2, -0.15) is 0 Å². The first-order valence-corrected chi connectivity index (χ1v) is 8.18. The van der Waals surface area contributed by atoms with E-state index in [1.165, 1.54) is 0 Å². The Balaban J connectivity index is 1.93. The van der Waals surface area contributed by atoms with E-state index in [1.54, 1.807) is 12.3 Å². The van der Waals surface area contributed by atoms with Crippen LogP contribution in [0.25, 0.3) is 0 Å². The minimum absolute atomic E-state index is 0.00119. The number of H-pyrrole nitrogens is 1. The second-order valence-corrected chi connectivity index (χ2v) is 6.11. The van der Waals surface area contributed by atoms with E-state index in [9.17, 15) is 9.59 Å². The van der Waals surface area contributed by atoms with Gasteiger partial charge in [-0.25, -0.2) is 9.78 Å². The number of hydrogen-bond donors (Lipinski definition) is 3. The second-order valence-electron chi connectivity index (χ2n) is 6.11. The Bertz CT molecular complexity index is 799. The summed E-state index contributed by atoms with van der Waals surface area (Å²) < 4.78 is 5.62. The number of nitrogens with zero attached hydrogens (tertiary/aromatic N) is 1. The van der Waals surface area contributed by atoms with Gasteiger partial charge in [-0.3, -0.25) is 4.79 Å². The lowest BCUT2D eigenvalue weighted by molar-refractivity contribution is 0.228. The molecular weight excluding hydrogens is 320 g/mol. The Morgan fingerprint density at radius 3 is 2.68 bits per heavy atom. The average Bonchev–Trinajstić information content (AvgIpc) is 2.52. The van der Waals surface area contributed by atoms with E-state index in [0.717, 1.165) is 16.8 Å². The van der Waals surface area contributed by atoms with Crippen molar-refractivity contribution < 1.29 is 9.53 Å². The third-order valence-electron chi connectivity index (χ3n) is 3.56. The summed E-state index contributed by atoms with van der Waals surface area (Å²) in [6, 6.07) is 5.15. The number of amides is 2. The average molecular weight is 344 g/mol. The number of nitrogens with one attached hydrogen (secondary N) is 3. The summed E-state index contributed by atoms with van der Waals surface area (Å²) >= 11 is 0. The molecule has 0 fully saturated rings. The highest BCUT2D eigenvalue weighted by Crippen LogP contribution is 2.15. The molecule has 0 aliphatic carbocycles. The Morgan fingerprint density at radius 2 is 2.00 bits per heavy atom. The summed E-state index contributed by atoms with van der Waals surface area (Å²) in [5.74, 6) is 0.503. The SMILES string of the molecule is Cc1cc(C)c(CNC(=O)NCc2cccnc2OC(C)C)c(=O)[nH]1. The molecule has 7 heteroatoms. The van der Waals surface area contributed by atoms with Crippen molar-refractivity contribution in [1.82, 2.24) is 20.6 Å². The number of carbonyl (C=O) groups is 1. The fourth-order valence-corrected chi connectivity index (χ4v) is 2.40. The number of aromatic nitrogens is 2. The van der Waals surface area contributed by atoms with Gasteiger partial charge in [-0.1, -0.05) is 6.07 Å². The van der Waals surface area contributed by atoms with Crippen molar-refractivity contribution in [3.05, 3.63) is 57.1 Å². The van der Waals surface area contributed by atoms with E-state index in [0.29, 0.717) is 11.4 Å². The molecule has 0 unspecified atom stereocenters. The van der Waals surface area contributed by atoms with E-state index in [1.807, 2.05) is 39.8 Å². The molecule has 2 rings (SSSR count). The van der Waals surface area contributed by atoms with Crippen LogP contribution in [0.4, 0.5) is 4.79 Å². The first-order valence-electron chi connectivity index (χ1n) is 8.18. The molecule has 25 heavy (non-hydrogen) atoms. The normalized spacial score (nSPS) is 10.6. The summed E-state index contributed by atoms with van der Waals surface area (Å²) in [6.07, 6.45) is 1.65. The molecule has 0 spiro atoms. The molecule has 2 heterocycles. The zero-order chi connectivity index (χ0) is 18.4. The number of ether oxygens (including phenoxy) is 1. The van der Waals surface area contributed by atoms with Gasteiger partial charge >= 0.3 is 6.03 Å². The van der Waals surface area contributed by atoms with Crippen LogP contribution in [-0.2, 0) is 13.1 Å². The van der Waals surface area contributed by atoms with Crippen LogP contribution < -0.4 is 20.9 Å². The van der Waals surface area contributed by atoms with Gasteiger partial charge in [-0.15, -0.1) is 0 Å². The monoisotopic (exact) mass is 344 g/mol.